The summed E-state index contributed by atoms with van der Waals surface area (Å²) < 4.78 is 11.0. The Hall–Kier alpha value is -2.80. The Balaban J connectivity index is 1.80. The second-order valence-corrected chi connectivity index (χ2v) is 6.03. The molecule has 0 fully saturated rings. The van der Waals surface area contributed by atoms with E-state index in [0.29, 0.717) is 21.7 Å². The fourth-order valence-corrected chi connectivity index (χ4v) is 2.64. The monoisotopic (exact) mass is 402 g/mol. The van der Waals surface area contributed by atoms with Gasteiger partial charge in [-0.3, -0.25) is 9.59 Å². The smallest absolute Gasteiger partial charge is 0.293 e. The molecular formula is C18H15BrN2O4. The van der Waals surface area contributed by atoms with Gasteiger partial charge < -0.3 is 19.1 Å². The number of benzene rings is 1. The van der Waals surface area contributed by atoms with Gasteiger partial charge in [-0.05, 0) is 52.3 Å². The summed E-state index contributed by atoms with van der Waals surface area (Å²) in [5, 5.41) is 2.78. The predicted molar refractivity (Wildman–Crippen MR) is 95.5 cm³/mol. The molecule has 3 rings (SSSR count). The number of amides is 2. The molecule has 0 saturated carbocycles. The van der Waals surface area contributed by atoms with E-state index in [1.54, 1.807) is 61.8 Å². The molecular weight excluding hydrogens is 388 g/mol. The second-order valence-electron chi connectivity index (χ2n) is 5.25. The highest BCUT2D eigenvalue weighted by Gasteiger charge is 2.21. The van der Waals surface area contributed by atoms with E-state index in [1.165, 1.54) is 4.90 Å². The number of halogens is 1. The third-order valence-electron chi connectivity index (χ3n) is 3.60. The minimum Gasteiger partial charge on any atom is -0.467 e. The first-order valence-electron chi connectivity index (χ1n) is 7.49. The van der Waals surface area contributed by atoms with E-state index in [1.807, 2.05) is 0 Å². The van der Waals surface area contributed by atoms with Crippen LogP contribution in [0.2, 0.25) is 0 Å². The maximum absolute atomic E-state index is 12.5. The van der Waals surface area contributed by atoms with Crippen molar-refractivity contribution in [3.63, 3.8) is 0 Å². The van der Waals surface area contributed by atoms with Crippen LogP contribution in [0.3, 0.4) is 0 Å². The summed E-state index contributed by atoms with van der Waals surface area (Å²) in [6.07, 6.45) is 1.55. The number of rotatable bonds is 5. The zero-order valence-electron chi connectivity index (χ0n) is 13.4. The van der Waals surface area contributed by atoms with Crippen molar-refractivity contribution in [2.24, 2.45) is 0 Å². The van der Waals surface area contributed by atoms with Crippen molar-refractivity contribution in [2.75, 3.05) is 11.9 Å². The van der Waals surface area contributed by atoms with Crippen molar-refractivity contribution < 1.29 is 18.4 Å². The molecule has 2 heterocycles. The highest BCUT2D eigenvalue weighted by atomic mass is 79.9. The Bertz CT molecular complexity index is 886. The number of anilines is 1. The predicted octanol–water partition coefficient (Wildman–Crippen LogP) is 3.84. The van der Waals surface area contributed by atoms with Crippen LogP contribution in [0.25, 0.3) is 0 Å². The number of hydrogen-bond acceptors (Lipinski definition) is 4. The molecule has 0 spiro atoms. The molecule has 0 aliphatic carbocycles. The fourth-order valence-electron chi connectivity index (χ4n) is 2.34. The minimum atomic E-state index is -0.350. The SMILES string of the molecule is CN(C(=O)c1ccc(Br)o1)c1ccccc1C(=O)NCc1ccco1. The lowest BCUT2D eigenvalue weighted by Crippen LogP contribution is -2.30. The van der Waals surface area contributed by atoms with E-state index in [0.717, 1.165) is 0 Å². The van der Waals surface area contributed by atoms with Gasteiger partial charge in [0.1, 0.15) is 5.76 Å². The summed E-state index contributed by atoms with van der Waals surface area (Å²) in [7, 11) is 1.59. The van der Waals surface area contributed by atoms with E-state index in [-0.39, 0.29) is 24.1 Å². The molecule has 0 radical (unpaired) electrons. The van der Waals surface area contributed by atoms with Gasteiger partial charge in [-0.25, -0.2) is 0 Å². The van der Waals surface area contributed by atoms with E-state index >= 15 is 0 Å². The van der Waals surface area contributed by atoms with E-state index in [2.05, 4.69) is 21.2 Å². The molecule has 1 N–H and O–H groups in total. The van der Waals surface area contributed by atoms with Crippen LogP contribution in [0, 0.1) is 0 Å². The molecule has 7 heteroatoms. The van der Waals surface area contributed by atoms with Gasteiger partial charge in [0, 0.05) is 7.05 Å². The maximum Gasteiger partial charge on any atom is 0.293 e. The number of carbonyl (C=O) groups excluding carboxylic acids is 2. The fraction of sp³-hybridized carbons (Fsp3) is 0.111. The molecule has 6 nitrogen and oxygen atoms in total. The first-order chi connectivity index (χ1) is 12.1. The van der Waals surface area contributed by atoms with Gasteiger partial charge in [0.15, 0.2) is 10.4 Å². The van der Waals surface area contributed by atoms with Gasteiger partial charge in [-0.15, -0.1) is 0 Å². The van der Waals surface area contributed by atoms with E-state index in [4.69, 9.17) is 8.83 Å². The van der Waals surface area contributed by atoms with Gasteiger partial charge >= 0.3 is 0 Å². The number of hydrogen-bond donors (Lipinski definition) is 1. The molecule has 0 saturated heterocycles. The number of para-hydroxylation sites is 1. The third-order valence-corrected chi connectivity index (χ3v) is 4.03. The molecule has 0 aliphatic heterocycles. The van der Waals surface area contributed by atoms with Crippen LogP contribution in [0.15, 0.2) is 68.3 Å². The summed E-state index contributed by atoms with van der Waals surface area (Å²) in [5.41, 5.74) is 0.868. The Kier molecular flexibility index (Phi) is 5.04. The van der Waals surface area contributed by atoms with Crippen molar-refractivity contribution >= 4 is 33.4 Å². The molecule has 0 aliphatic rings. The zero-order chi connectivity index (χ0) is 17.8. The third kappa shape index (κ3) is 3.83. The quantitative estimate of drug-likeness (QED) is 0.703. The summed E-state index contributed by atoms with van der Waals surface area (Å²) in [5.74, 6) is 0.181. The van der Waals surface area contributed by atoms with Crippen LogP contribution in [0.5, 0.6) is 0 Å². The van der Waals surface area contributed by atoms with Crippen molar-refractivity contribution in [2.45, 2.75) is 6.54 Å². The molecule has 128 valence electrons. The highest BCUT2D eigenvalue weighted by molar-refractivity contribution is 9.10. The normalized spacial score (nSPS) is 10.5. The van der Waals surface area contributed by atoms with Crippen LogP contribution in [0.1, 0.15) is 26.7 Å². The lowest BCUT2D eigenvalue weighted by Gasteiger charge is -2.19. The minimum absolute atomic E-state index is 0.181. The van der Waals surface area contributed by atoms with Gasteiger partial charge in [0.25, 0.3) is 11.8 Å². The largest absolute Gasteiger partial charge is 0.467 e. The maximum atomic E-state index is 12.5. The lowest BCUT2D eigenvalue weighted by atomic mass is 10.1. The van der Waals surface area contributed by atoms with Crippen LogP contribution >= 0.6 is 15.9 Å². The van der Waals surface area contributed by atoms with Gasteiger partial charge in [-0.2, -0.15) is 0 Å². The second kappa shape index (κ2) is 7.40. The summed E-state index contributed by atoms with van der Waals surface area (Å²) in [6.45, 7) is 0.267. The highest BCUT2D eigenvalue weighted by Crippen LogP contribution is 2.23. The summed E-state index contributed by atoms with van der Waals surface area (Å²) in [6, 6.07) is 13.6. The van der Waals surface area contributed by atoms with E-state index in [9.17, 15) is 9.59 Å². The number of furan rings is 2. The number of carbonyl (C=O) groups is 2. The van der Waals surface area contributed by atoms with Crippen LogP contribution < -0.4 is 10.2 Å². The standard InChI is InChI=1S/C18H15BrN2O4/c1-21(18(23)15-8-9-16(19)25-15)14-7-3-2-6-13(14)17(22)20-11-12-5-4-10-24-12/h2-10H,11H2,1H3,(H,20,22). The summed E-state index contributed by atoms with van der Waals surface area (Å²) in [4.78, 5) is 26.4. The van der Waals surface area contributed by atoms with Crippen molar-refractivity contribution in [1.29, 1.82) is 0 Å². The summed E-state index contributed by atoms with van der Waals surface area (Å²) >= 11 is 3.17. The van der Waals surface area contributed by atoms with Crippen molar-refractivity contribution in [3.8, 4) is 0 Å². The Labute approximate surface area is 152 Å². The number of nitrogens with zero attached hydrogens (tertiary/aromatic N) is 1. The first-order valence-corrected chi connectivity index (χ1v) is 8.28. The number of nitrogens with one attached hydrogen (secondary N) is 1. The zero-order valence-corrected chi connectivity index (χ0v) is 14.9. The van der Waals surface area contributed by atoms with Gasteiger partial charge in [0.2, 0.25) is 0 Å². The van der Waals surface area contributed by atoms with Crippen molar-refractivity contribution in [3.05, 3.63) is 76.5 Å². The Morgan fingerprint density at radius 3 is 2.60 bits per heavy atom. The molecule has 1 aromatic carbocycles. The van der Waals surface area contributed by atoms with E-state index < -0.39 is 0 Å². The topological polar surface area (TPSA) is 75.7 Å². The van der Waals surface area contributed by atoms with Crippen molar-refractivity contribution in [1.82, 2.24) is 5.32 Å². The molecule has 0 bridgehead atoms. The molecule has 0 atom stereocenters. The van der Waals surface area contributed by atoms with Crippen LogP contribution in [0.4, 0.5) is 5.69 Å². The Morgan fingerprint density at radius 2 is 1.92 bits per heavy atom. The Morgan fingerprint density at radius 1 is 1.12 bits per heavy atom. The molecule has 0 unspecified atom stereocenters. The molecule has 25 heavy (non-hydrogen) atoms. The lowest BCUT2D eigenvalue weighted by molar-refractivity contribution is 0.0948. The average Bonchev–Trinajstić information content (AvgIpc) is 3.30. The first kappa shape index (κ1) is 17.0. The van der Waals surface area contributed by atoms with Gasteiger partial charge in [0.05, 0.1) is 24.1 Å². The average molecular weight is 403 g/mol. The molecule has 2 aromatic heterocycles. The molecule has 3 aromatic rings. The van der Waals surface area contributed by atoms with Crippen LogP contribution in [-0.4, -0.2) is 18.9 Å². The van der Waals surface area contributed by atoms with Gasteiger partial charge in [-0.1, -0.05) is 12.1 Å². The molecule has 2 amide bonds. The van der Waals surface area contributed by atoms with Crippen LogP contribution in [-0.2, 0) is 6.54 Å².